The molecule has 0 aromatic heterocycles. The summed E-state index contributed by atoms with van der Waals surface area (Å²) in [6, 6.07) is 0. The Bertz CT molecular complexity index is 161. The maximum Gasteiger partial charge on any atom is 0.186 e. The van der Waals surface area contributed by atoms with E-state index in [-0.39, 0.29) is 6.61 Å². The van der Waals surface area contributed by atoms with Crippen molar-refractivity contribution in [3.63, 3.8) is 0 Å². The van der Waals surface area contributed by atoms with Gasteiger partial charge in [0.1, 0.15) is 24.4 Å². The lowest BCUT2D eigenvalue weighted by atomic mass is 10.1. The average molecular weight is 162 g/mol. The van der Waals surface area contributed by atoms with Crippen molar-refractivity contribution in [3.8, 4) is 0 Å². The molecule has 5 nitrogen and oxygen atoms in total. The van der Waals surface area contributed by atoms with Crippen LogP contribution in [0.2, 0.25) is 0 Å². The van der Waals surface area contributed by atoms with Gasteiger partial charge < -0.3 is 24.8 Å². The molecule has 64 valence electrons. The van der Waals surface area contributed by atoms with Crippen molar-refractivity contribution in [2.45, 2.75) is 30.7 Å². The summed E-state index contributed by atoms with van der Waals surface area (Å²) in [5.74, 6) is 0. The topological polar surface area (TPSA) is 79.2 Å². The largest absolute Gasteiger partial charge is 0.388 e. The first-order valence-electron chi connectivity index (χ1n) is 3.51. The highest BCUT2D eigenvalue weighted by molar-refractivity contribution is 4.93. The molecule has 2 rings (SSSR count). The Kier molecular flexibility index (Phi) is 1.62. The van der Waals surface area contributed by atoms with E-state index < -0.39 is 30.7 Å². The fourth-order valence-electron chi connectivity index (χ4n) is 1.42. The molecule has 0 radical (unpaired) electrons. The maximum atomic E-state index is 9.22. The molecular formula is C6H10O5. The van der Waals surface area contributed by atoms with Gasteiger partial charge in [-0.15, -0.1) is 0 Å². The van der Waals surface area contributed by atoms with Gasteiger partial charge in [0.15, 0.2) is 6.29 Å². The summed E-state index contributed by atoms with van der Waals surface area (Å²) in [5.41, 5.74) is 0. The molecule has 2 heterocycles. The highest BCUT2D eigenvalue weighted by atomic mass is 16.7. The lowest BCUT2D eigenvalue weighted by Gasteiger charge is -2.25. The van der Waals surface area contributed by atoms with Gasteiger partial charge >= 0.3 is 0 Å². The van der Waals surface area contributed by atoms with Gasteiger partial charge in [0.2, 0.25) is 0 Å². The number of fused-ring (bicyclic) bond motifs is 2. The van der Waals surface area contributed by atoms with Gasteiger partial charge in [0.25, 0.3) is 0 Å². The summed E-state index contributed by atoms with van der Waals surface area (Å²) in [6.07, 6.45) is -4.35. The second-order valence-corrected chi connectivity index (χ2v) is 2.85. The quantitative estimate of drug-likeness (QED) is 0.377. The van der Waals surface area contributed by atoms with Gasteiger partial charge in [-0.1, -0.05) is 0 Å². The van der Waals surface area contributed by atoms with Crippen LogP contribution in [0.25, 0.3) is 0 Å². The third-order valence-electron chi connectivity index (χ3n) is 2.07. The number of hydrogen-bond donors (Lipinski definition) is 3. The van der Waals surface area contributed by atoms with Crippen LogP contribution < -0.4 is 0 Å². The smallest absolute Gasteiger partial charge is 0.186 e. The van der Waals surface area contributed by atoms with Crippen molar-refractivity contribution in [1.82, 2.24) is 0 Å². The molecule has 0 unspecified atom stereocenters. The minimum absolute atomic E-state index is 0.115. The van der Waals surface area contributed by atoms with Crippen LogP contribution in [0.4, 0.5) is 0 Å². The third kappa shape index (κ3) is 0.969. The molecule has 2 aliphatic rings. The summed E-state index contributed by atoms with van der Waals surface area (Å²) in [4.78, 5) is 0. The number of rotatable bonds is 0. The van der Waals surface area contributed by atoms with Gasteiger partial charge in [-0.3, -0.25) is 0 Å². The first-order valence-corrected chi connectivity index (χ1v) is 3.51. The summed E-state index contributed by atoms with van der Waals surface area (Å²) < 4.78 is 9.84. The van der Waals surface area contributed by atoms with Crippen LogP contribution >= 0.6 is 0 Å². The monoisotopic (exact) mass is 162 g/mol. The molecule has 2 fully saturated rings. The van der Waals surface area contributed by atoms with E-state index in [0.717, 1.165) is 0 Å². The Balaban J connectivity index is 2.16. The first kappa shape index (κ1) is 7.45. The Morgan fingerprint density at radius 2 is 1.82 bits per heavy atom. The van der Waals surface area contributed by atoms with Crippen molar-refractivity contribution in [3.05, 3.63) is 0 Å². The Labute approximate surface area is 63.2 Å². The molecule has 2 saturated heterocycles. The van der Waals surface area contributed by atoms with Crippen molar-refractivity contribution in [2.24, 2.45) is 0 Å². The SMILES string of the molecule is O[C@@H]1[C@@H](O)[C@@H]2OC[C@@H](O)[C@H]1O2. The van der Waals surface area contributed by atoms with Crippen LogP contribution in [-0.2, 0) is 9.47 Å². The van der Waals surface area contributed by atoms with Crippen LogP contribution in [0.1, 0.15) is 0 Å². The third-order valence-corrected chi connectivity index (χ3v) is 2.07. The fraction of sp³-hybridized carbons (Fsp3) is 1.00. The van der Waals surface area contributed by atoms with E-state index in [1.165, 1.54) is 0 Å². The number of aliphatic hydroxyl groups excluding tert-OH is 3. The molecule has 2 bridgehead atoms. The van der Waals surface area contributed by atoms with Crippen molar-refractivity contribution >= 4 is 0 Å². The van der Waals surface area contributed by atoms with Crippen LogP contribution in [0.15, 0.2) is 0 Å². The van der Waals surface area contributed by atoms with Crippen LogP contribution in [0.3, 0.4) is 0 Å². The van der Waals surface area contributed by atoms with Gasteiger partial charge in [0.05, 0.1) is 6.61 Å². The zero-order valence-corrected chi connectivity index (χ0v) is 5.75. The lowest BCUT2D eigenvalue weighted by Crippen LogP contribution is -2.41. The predicted molar refractivity (Wildman–Crippen MR) is 32.6 cm³/mol. The number of aliphatic hydroxyl groups is 3. The Morgan fingerprint density at radius 3 is 2.45 bits per heavy atom. The molecule has 11 heavy (non-hydrogen) atoms. The lowest BCUT2D eigenvalue weighted by molar-refractivity contribution is -0.233. The van der Waals surface area contributed by atoms with Gasteiger partial charge in [-0.25, -0.2) is 0 Å². The number of ether oxygens (including phenoxy) is 2. The zero-order valence-electron chi connectivity index (χ0n) is 5.75. The molecule has 5 atom stereocenters. The highest BCUT2D eigenvalue weighted by Gasteiger charge is 2.50. The molecule has 0 aromatic carbocycles. The Morgan fingerprint density at radius 1 is 1.09 bits per heavy atom. The Hall–Kier alpha value is -0.200. The van der Waals surface area contributed by atoms with Crippen molar-refractivity contribution in [1.29, 1.82) is 0 Å². The molecule has 0 amide bonds. The van der Waals surface area contributed by atoms with Gasteiger partial charge in [-0.05, 0) is 0 Å². The van der Waals surface area contributed by atoms with E-state index in [9.17, 15) is 10.2 Å². The summed E-state index contributed by atoms with van der Waals surface area (Å²) >= 11 is 0. The highest BCUT2D eigenvalue weighted by Crippen LogP contribution is 2.28. The first-order chi connectivity index (χ1) is 5.20. The standard InChI is InChI=1S/C6H10O5/c7-2-1-10-6-4(9)3(8)5(2)11-6/h2-9H,1H2/t2-,3-,4-,5-,6-/m1/s1. The summed E-state index contributed by atoms with van der Waals surface area (Å²) in [5, 5.41) is 27.6. The predicted octanol–water partition coefficient (Wildman–Crippen LogP) is -2.18. The molecular weight excluding hydrogens is 152 g/mol. The fourth-order valence-corrected chi connectivity index (χ4v) is 1.42. The van der Waals surface area contributed by atoms with Gasteiger partial charge in [-0.2, -0.15) is 0 Å². The number of hydrogen-bond acceptors (Lipinski definition) is 5. The van der Waals surface area contributed by atoms with Crippen LogP contribution in [0, 0.1) is 0 Å². The van der Waals surface area contributed by atoms with Crippen LogP contribution in [-0.4, -0.2) is 52.6 Å². The van der Waals surface area contributed by atoms with E-state index in [4.69, 9.17) is 14.6 Å². The minimum atomic E-state index is -1.03. The van der Waals surface area contributed by atoms with Gasteiger partial charge in [0, 0.05) is 0 Å². The average Bonchev–Trinajstić information content (AvgIpc) is 2.24. The summed E-state index contributed by atoms with van der Waals surface area (Å²) in [6.45, 7) is 0.115. The van der Waals surface area contributed by atoms with E-state index in [2.05, 4.69) is 0 Å². The molecule has 0 aliphatic carbocycles. The van der Waals surface area contributed by atoms with E-state index in [1.807, 2.05) is 0 Å². The van der Waals surface area contributed by atoms with Crippen molar-refractivity contribution < 1.29 is 24.8 Å². The van der Waals surface area contributed by atoms with E-state index in [0.29, 0.717) is 0 Å². The van der Waals surface area contributed by atoms with Crippen molar-refractivity contribution in [2.75, 3.05) is 6.61 Å². The molecule has 3 N–H and O–H groups in total. The van der Waals surface area contributed by atoms with E-state index in [1.54, 1.807) is 0 Å². The maximum absolute atomic E-state index is 9.22. The molecule has 5 heteroatoms. The second-order valence-electron chi connectivity index (χ2n) is 2.85. The van der Waals surface area contributed by atoms with Crippen LogP contribution in [0.5, 0.6) is 0 Å². The second kappa shape index (κ2) is 2.40. The molecule has 2 aliphatic heterocycles. The zero-order chi connectivity index (χ0) is 8.01. The minimum Gasteiger partial charge on any atom is -0.388 e. The van der Waals surface area contributed by atoms with E-state index >= 15 is 0 Å². The molecule has 0 saturated carbocycles. The molecule has 0 spiro atoms. The molecule has 0 aromatic rings. The summed E-state index contributed by atoms with van der Waals surface area (Å²) in [7, 11) is 0. The normalized spacial score (nSPS) is 56.5.